The fourth-order valence-corrected chi connectivity index (χ4v) is 1.08. The number of hydrogen-bond donors (Lipinski definition) is 1. The van der Waals surface area contributed by atoms with Crippen LogP contribution in [0.3, 0.4) is 0 Å². The van der Waals surface area contributed by atoms with Gasteiger partial charge in [0.2, 0.25) is 0 Å². The number of esters is 1. The van der Waals surface area contributed by atoms with Crippen LogP contribution < -0.4 is 5.73 Å². The summed E-state index contributed by atoms with van der Waals surface area (Å²) in [5.41, 5.74) is 6.81. The van der Waals surface area contributed by atoms with E-state index < -0.39 is 5.97 Å². The van der Waals surface area contributed by atoms with Crippen molar-refractivity contribution >= 4 is 11.7 Å². The Labute approximate surface area is 93.9 Å². The van der Waals surface area contributed by atoms with Crippen LogP contribution in [0, 0.1) is 11.3 Å². The molecule has 1 aromatic rings. The van der Waals surface area contributed by atoms with E-state index in [-0.39, 0.29) is 13.0 Å². The molecular weight excluding hydrogens is 204 g/mol. The van der Waals surface area contributed by atoms with Crippen LogP contribution in [-0.4, -0.2) is 12.6 Å². The molecular formula is C12H12N2O2. The minimum Gasteiger partial charge on any atom is -0.461 e. The first kappa shape index (κ1) is 11.8. The summed E-state index contributed by atoms with van der Waals surface area (Å²) in [5, 5.41) is 8.26. The number of hydrogen-bond acceptors (Lipinski definition) is 4. The van der Waals surface area contributed by atoms with E-state index in [2.05, 4.69) is 0 Å². The maximum Gasteiger partial charge on any atom is 0.332 e. The van der Waals surface area contributed by atoms with Crippen molar-refractivity contribution in [2.24, 2.45) is 5.73 Å². The second-order valence-corrected chi connectivity index (χ2v) is 3.04. The molecule has 2 N–H and O–H groups in total. The lowest BCUT2D eigenvalue weighted by Gasteiger charge is -2.01. The highest BCUT2D eigenvalue weighted by Gasteiger charge is 2.01. The van der Waals surface area contributed by atoms with Crippen LogP contribution in [0.15, 0.2) is 36.4 Å². The van der Waals surface area contributed by atoms with Gasteiger partial charge in [-0.1, -0.05) is 30.3 Å². The Kier molecular flexibility index (Phi) is 4.61. The molecule has 0 saturated heterocycles. The maximum atomic E-state index is 11.2. The van der Waals surface area contributed by atoms with Gasteiger partial charge in [0.05, 0.1) is 12.5 Å². The van der Waals surface area contributed by atoms with Gasteiger partial charge in [-0.25, -0.2) is 4.79 Å². The predicted octanol–water partition coefficient (Wildman–Crippen LogP) is 1.44. The topological polar surface area (TPSA) is 76.1 Å². The van der Waals surface area contributed by atoms with Gasteiger partial charge in [0.25, 0.3) is 0 Å². The summed E-state index contributed by atoms with van der Waals surface area (Å²) in [6.45, 7) is 0.0912. The number of nitrogens with zero attached hydrogens (tertiary/aromatic N) is 1. The molecule has 0 aliphatic heterocycles. The molecule has 4 heteroatoms. The number of rotatable bonds is 4. The summed E-state index contributed by atoms with van der Waals surface area (Å²) in [6.07, 6.45) is 1.40. The summed E-state index contributed by atoms with van der Waals surface area (Å²) in [5.74, 6) is -0.531. The predicted molar refractivity (Wildman–Crippen MR) is 59.8 cm³/mol. The van der Waals surface area contributed by atoms with Crippen LogP contribution in [0.5, 0.6) is 0 Å². The van der Waals surface area contributed by atoms with Gasteiger partial charge in [0.15, 0.2) is 0 Å². The molecule has 0 saturated carbocycles. The van der Waals surface area contributed by atoms with Crippen LogP contribution in [0.2, 0.25) is 0 Å². The molecule has 0 radical (unpaired) electrons. The lowest BCUT2D eigenvalue weighted by Crippen LogP contribution is -2.06. The molecule has 0 aliphatic rings. The van der Waals surface area contributed by atoms with Gasteiger partial charge in [-0.05, 0) is 5.56 Å². The molecule has 0 amide bonds. The molecule has 0 heterocycles. The Balaban J connectivity index is 2.57. The van der Waals surface area contributed by atoms with Crippen molar-refractivity contribution in [3.05, 3.63) is 42.0 Å². The van der Waals surface area contributed by atoms with E-state index in [9.17, 15) is 4.79 Å². The Morgan fingerprint density at radius 3 is 2.75 bits per heavy atom. The molecule has 16 heavy (non-hydrogen) atoms. The standard InChI is InChI=1S/C12H12N2O2/c13-7-4-8-16-12(15)9-11(14)10-5-2-1-3-6-10/h1-3,5-6,9H,4,8,14H2/b11-9-. The molecule has 0 aliphatic carbocycles. The van der Waals surface area contributed by atoms with Gasteiger partial charge in [0.1, 0.15) is 6.61 Å². The number of ether oxygens (including phenoxy) is 1. The third-order valence-corrected chi connectivity index (χ3v) is 1.84. The normalized spacial score (nSPS) is 10.6. The van der Waals surface area contributed by atoms with Crippen molar-refractivity contribution in [3.63, 3.8) is 0 Å². The third kappa shape index (κ3) is 3.84. The number of carbonyl (C=O) groups is 1. The van der Waals surface area contributed by atoms with Crippen molar-refractivity contribution < 1.29 is 9.53 Å². The Hall–Kier alpha value is -2.28. The number of nitriles is 1. The lowest BCUT2D eigenvalue weighted by molar-refractivity contribution is -0.137. The summed E-state index contributed by atoms with van der Waals surface area (Å²) in [4.78, 5) is 11.2. The van der Waals surface area contributed by atoms with E-state index in [4.69, 9.17) is 15.7 Å². The van der Waals surface area contributed by atoms with Gasteiger partial charge in [0, 0.05) is 11.8 Å². The molecule has 0 aromatic heterocycles. The molecule has 0 bridgehead atoms. The minimum atomic E-state index is -0.531. The van der Waals surface area contributed by atoms with Gasteiger partial charge in [-0.2, -0.15) is 5.26 Å². The first-order chi connectivity index (χ1) is 7.74. The van der Waals surface area contributed by atoms with E-state index in [1.54, 1.807) is 12.1 Å². The van der Waals surface area contributed by atoms with Gasteiger partial charge in [-0.3, -0.25) is 0 Å². The van der Waals surface area contributed by atoms with Crippen LogP contribution in [0.25, 0.3) is 5.70 Å². The van der Waals surface area contributed by atoms with Crippen molar-refractivity contribution in [1.29, 1.82) is 5.26 Å². The number of nitrogens with two attached hydrogens (primary N) is 1. The van der Waals surface area contributed by atoms with Crippen LogP contribution in [0.1, 0.15) is 12.0 Å². The summed E-state index contributed by atoms with van der Waals surface area (Å²) in [6, 6.07) is 11.0. The molecule has 0 atom stereocenters. The number of benzene rings is 1. The summed E-state index contributed by atoms with van der Waals surface area (Å²) in [7, 11) is 0. The highest BCUT2D eigenvalue weighted by atomic mass is 16.5. The maximum absolute atomic E-state index is 11.2. The zero-order valence-corrected chi connectivity index (χ0v) is 8.72. The molecule has 0 spiro atoms. The molecule has 0 fully saturated rings. The van der Waals surface area contributed by atoms with E-state index in [1.807, 2.05) is 24.3 Å². The number of carbonyl (C=O) groups excluding carboxylic acids is 1. The molecule has 0 unspecified atom stereocenters. The summed E-state index contributed by atoms with van der Waals surface area (Å²) >= 11 is 0. The van der Waals surface area contributed by atoms with Gasteiger partial charge < -0.3 is 10.5 Å². The van der Waals surface area contributed by atoms with E-state index in [0.29, 0.717) is 5.70 Å². The smallest absolute Gasteiger partial charge is 0.332 e. The molecule has 4 nitrogen and oxygen atoms in total. The monoisotopic (exact) mass is 216 g/mol. The largest absolute Gasteiger partial charge is 0.461 e. The van der Waals surface area contributed by atoms with Crippen LogP contribution >= 0.6 is 0 Å². The third-order valence-electron chi connectivity index (χ3n) is 1.84. The van der Waals surface area contributed by atoms with E-state index in [1.165, 1.54) is 6.08 Å². The van der Waals surface area contributed by atoms with E-state index in [0.717, 1.165) is 5.56 Å². The molecule has 1 rings (SSSR count). The Morgan fingerprint density at radius 1 is 1.44 bits per heavy atom. The lowest BCUT2D eigenvalue weighted by atomic mass is 10.1. The zero-order valence-electron chi connectivity index (χ0n) is 8.72. The minimum absolute atomic E-state index is 0.0912. The van der Waals surface area contributed by atoms with Crippen molar-refractivity contribution in [3.8, 4) is 6.07 Å². The molecule has 1 aromatic carbocycles. The van der Waals surface area contributed by atoms with E-state index >= 15 is 0 Å². The fraction of sp³-hybridized carbons (Fsp3) is 0.167. The second kappa shape index (κ2) is 6.25. The average molecular weight is 216 g/mol. The van der Waals surface area contributed by atoms with Crippen molar-refractivity contribution in [2.45, 2.75) is 6.42 Å². The zero-order chi connectivity index (χ0) is 11.8. The second-order valence-electron chi connectivity index (χ2n) is 3.04. The SMILES string of the molecule is N#CCCOC(=O)/C=C(\N)c1ccccc1. The van der Waals surface area contributed by atoms with Crippen LogP contribution in [-0.2, 0) is 9.53 Å². The highest BCUT2D eigenvalue weighted by Crippen LogP contribution is 2.07. The average Bonchev–Trinajstić information content (AvgIpc) is 2.30. The van der Waals surface area contributed by atoms with Crippen molar-refractivity contribution in [2.75, 3.05) is 6.61 Å². The van der Waals surface area contributed by atoms with Gasteiger partial charge in [-0.15, -0.1) is 0 Å². The molecule has 82 valence electrons. The Bertz CT molecular complexity index is 418. The Morgan fingerprint density at radius 2 is 2.12 bits per heavy atom. The summed E-state index contributed by atoms with van der Waals surface area (Å²) < 4.78 is 4.76. The van der Waals surface area contributed by atoms with Crippen LogP contribution in [0.4, 0.5) is 0 Å². The first-order valence-electron chi connectivity index (χ1n) is 4.80. The fourth-order valence-electron chi connectivity index (χ4n) is 1.08. The van der Waals surface area contributed by atoms with Gasteiger partial charge >= 0.3 is 5.97 Å². The van der Waals surface area contributed by atoms with Crippen molar-refractivity contribution in [1.82, 2.24) is 0 Å². The first-order valence-corrected chi connectivity index (χ1v) is 4.80. The quantitative estimate of drug-likeness (QED) is 0.469. The highest BCUT2D eigenvalue weighted by molar-refractivity contribution is 5.90.